The topological polar surface area (TPSA) is 134 Å². The van der Waals surface area contributed by atoms with E-state index in [0.29, 0.717) is 6.42 Å². The molecule has 0 rings (SSSR count). The third-order valence-corrected chi connectivity index (χ3v) is 10.4. The van der Waals surface area contributed by atoms with E-state index in [1.807, 2.05) is 0 Å². The molecule has 0 aliphatic rings. The van der Waals surface area contributed by atoms with Gasteiger partial charge in [0.05, 0.1) is 13.2 Å². The molecule has 0 aromatic carbocycles. The standard InChI is InChI=1S/C42H82NO8P/c1-3-5-7-9-11-13-15-17-19-20-21-23-25-27-29-31-33-35-42(45)51-40(39-50-52(46,47)49-37-36-43)38-48-41(44)34-32-30-28-26-24-22-18-16-14-12-10-8-6-4-2/h16,18,40H,3-15,17,19-39,43H2,1-2H3,(H,46,47)/b18-16-/t40-/m1/s1. The van der Waals surface area contributed by atoms with Gasteiger partial charge in [-0.25, -0.2) is 4.57 Å². The first-order valence-electron chi connectivity index (χ1n) is 21.7. The molecular formula is C42H82NO8P. The monoisotopic (exact) mass is 760 g/mol. The zero-order chi connectivity index (χ0) is 38.2. The van der Waals surface area contributed by atoms with Crippen molar-refractivity contribution in [3.05, 3.63) is 12.2 Å². The second kappa shape index (κ2) is 39.4. The Labute approximate surface area is 319 Å². The number of unbranched alkanes of at least 4 members (excludes halogenated alkanes) is 26. The highest BCUT2D eigenvalue weighted by atomic mass is 31.2. The molecule has 0 saturated carbocycles. The van der Waals surface area contributed by atoms with Crippen molar-refractivity contribution >= 4 is 19.8 Å². The number of phosphoric acid groups is 1. The van der Waals surface area contributed by atoms with Crippen molar-refractivity contribution in [2.45, 2.75) is 219 Å². The average molecular weight is 760 g/mol. The summed E-state index contributed by atoms with van der Waals surface area (Å²) in [4.78, 5) is 34.8. The van der Waals surface area contributed by atoms with Crippen LogP contribution < -0.4 is 5.73 Å². The van der Waals surface area contributed by atoms with Gasteiger partial charge in [-0.05, 0) is 38.5 Å². The van der Waals surface area contributed by atoms with E-state index >= 15 is 0 Å². The van der Waals surface area contributed by atoms with Gasteiger partial charge in [-0.15, -0.1) is 0 Å². The molecule has 3 N–H and O–H groups in total. The maximum Gasteiger partial charge on any atom is 0.472 e. The first-order chi connectivity index (χ1) is 25.3. The maximum atomic E-state index is 12.6. The van der Waals surface area contributed by atoms with Crippen LogP contribution in [0.25, 0.3) is 0 Å². The third-order valence-electron chi connectivity index (χ3n) is 9.40. The third kappa shape index (κ3) is 38.5. The Morgan fingerprint density at radius 1 is 0.558 bits per heavy atom. The number of hydrogen-bond acceptors (Lipinski definition) is 8. The number of phosphoric ester groups is 1. The van der Waals surface area contributed by atoms with Gasteiger partial charge in [0.2, 0.25) is 0 Å². The van der Waals surface area contributed by atoms with Gasteiger partial charge in [0.1, 0.15) is 6.61 Å². The van der Waals surface area contributed by atoms with Gasteiger partial charge in [0.25, 0.3) is 0 Å². The molecule has 0 aromatic rings. The molecule has 0 saturated heterocycles. The van der Waals surface area contributed by atoms with E-state index in [-0.39, 0.29) is 38.6 Å². The fourth-order valence-electron chi connectivity index (χ4n) is 6.16. The summed E-state index contributed by atoms with van der Waals surface area (Å²) in [5, 5.41) is 0. The van der Waals surface area contributed by atoms with Crippen LogP contribution in [0.5, 0.6) is 0 Å². The molecule has 1 unspecified atom stereocenters. The van der Waals surface area contributed by atoms with E-state index in [0.717, 1.165) is 51.4 Å². The van der Waals surface area contributed by atoms with E-state index in [9.17, 15) is 19.0 Å². The molecule has 10 heteroatoms. The number of carbonyl (C=O) groups is 2. The number of nitrogens with two attached hydrogens (primary N) is 1. The summed E-state index contributed by atoms with van der Waals surface area (Å²) in [6.45, 7) is 3.74. The summed E-state index contributed by atoms with van der Waals surface area (Å²) in [7, 11) is -4.37. The van der Waals surface area contributed by atoms with Crippen LogP contribution in [-0.2, 0) is 32.7 Å². The second-order valence-electron chi connectivity index (χ2n) is 14.6. The van der Waals surface area contributed by atoms with Gasteiger partial charge in [0, 0.05) is 19.4 Å². The van der Waals surface area contributed by atoms with Crippen LogP contribution in [0.1, 0.15) is 213 Å². The molecule has 0 radical (unpaired) electrons. The lowest BCUT2D eigenvalue weighted by molar-refractivity contribution is -0.161. The summed E-state index contributed by atoms with van der Waals surface area (Å²) >= 11 is 0. The van der Waals surface area contributed by atoms with E-state index in [2.05, 4.69) is 26.0 Å². The molecule has 0 fully saturated rings. The molecule has 0 amide bonds. The molecule has 9 nitrogen and oxygen atoms in total. The highest BCUT2D eigenvalue weighted by molar-refractivity contribution is 7.47. The summed E-state index contributed by atoms with van der Waals surface area (Å²) in [6.07, 6.45) is 39.5. The Kier molecular flexibility index (Phi) is 38.5. The summed E-state index contributed by atoms with van der Waals surface area (Å²) in [5.74, 6) is -0.828. The quantitative estimate of drug-likeness (QED) is 0.0270. The van der Waals surface area contributed by atoms with Gasteiger partial charge in [0.15, 0.2) is 6.10 Å². The van der Waals surface area contributed by atoms with Crippen LogP contribution in [0, 0.1) is 0 Å². The number of allylic oxidation sites excluding steroid dienone is 2. The lowest BCUT2D eigenvalue weighted by Gasteiger charge is -2.19. The van der Waals surface area contributed by atoms with Gasteiger partial charge in [-0.2, -0.15) is 0 Å². The number of esters is 2. The minimum absolute atomic E-state index is 0.0552. The Morgan fingerprint density at radius 2 is 0.942 bits per heavy atom. The van der Waals surface area contributed by atoms with Gasteiger partial charge >= 0.3 is 19.8 Å². The molecule has 0 bridgehead atoms. The number of hydrogen-bond donors (Lipinski definition) is 2. The van der Waals surface area contributed by atoms with E-state index in [4.69, 9.17) is 24.3 Å². The Hall–Kier alpha value is -1.25. The molecule has 0 heterocycles. The van der Waals surface area contributed by atoms with Crippen LogP contribution in [0.15, 0.2) is 12.2 Å². The van der Waals surface area contributed by atoms with Crippen molar-refractivity contribution < 1.29 is 37.6 Å². The molecule has 0 spiro atoms. The zero-order valence-electron chi connectivity index (χ0n) is 33.8. The van der Waals surface area contributed by atoms with E-state index in [1.54, 1.807) is 0 Å². The van der Waals surface area contributed by atoms with Crippen molar-refractivity contribution in [2.24, 2.45) is 5.73 Å². The van der Waals surface area contributed by atoms with Crippen molar-refractivity contribution in [3.63, 3.8) is 0 Å². The first kappa shape index (κ1) is 50.8. The molecular weight excluding hydrogens is 677 g/mol. The van der Waals surface area contributed by atoms with Crippen molar-refractivity contribution in [1.82, 2.24) is 0 Å². The van der Waals surface area contributed by atoms with Crippen LogP contribution in [0.3, 0.4) is 0 Å². The SMILES string of the molecule is CCCCCCC/C=C\CCCCCCCC(=O)OC[C@H](COP(=O)(O)OCCN)OC(=O)CCCCCCCCCCCCCCCCCCC. The average Bonchev–Trinajstić information content (AvgIpc) is 3.13. The van der Waals surface area contributed by atoms with E-state index < -0.39 is 26.5 Å². The predicted octanol–water partition coefficient (Wildman–Crippen LogP) is 12.2. The summed E-state index contributed by atoms with van der Waals surface area (Å²) < 4.78 is 32.8. The summed E-state index contributed by atoms with van der Waals surface area (Å²) in [6, 6.07) is 0. The van der Waals surface area contributed by atoms with Crippen molar-refractivity contribution in [2.75, 3.05) is 26.4 Å². The van der Waals surface area contributed by atoms with Gasteiger partial charge < -0.3 is 20.1 Å². The normalized spacial score (nSPS) is 13.4. The highest BCUT2D eigenvalue weighted by Crippen LogP contribution is 2.43. The van der Waals surface area contributed by atoms with Crippen LogP contribution >= 0.6 is 7.82 Å². The Morgan fingerprint density at radius 3 is 1.37 bits per heavy atom. The Balaban J connectivity index is 4.13. The molecule has 52 heavy (non-hydrogen) atoms. The maximum absolute atomic E-state index is 12.6. The number of rotatable bonds is 41. The largest absolute Gasteiger partial charge is 0.472 e. The smallest absolute Gasteiger partial charge is 0.462 e. The Bertz CT molecular complexity index is 871. The minimum Gasteiger partial charge on any atom is -0.462 e. The molecule has 0 aromatic heterocycles. The van der Waals surface area contributed by atoms with E-state index in [1.165, 1.54) is 128 Å². The molecule has 308 valence electrons. The second-order valence-corrected chi connectivity index (χ2v) is 16.0. The van der Waals surface area contributed by atoms with Crippen LogP contribution in [-0.4, -0.2) is 49.3 Å². The van der Waals surface area contributed by atoms with Crippen molar-refractivity contribution in [3.8, 4) is 0 Å². The lowest BCUT2D eigenvalue weighted by Crippen LogP contribution is -2.29. The van der Waals surface area contributed by atoms with Gasteiger partial charge in [-0.3, -0.25) is 18.6 Å². The fraction of sp³-hybridized carbons (Fsp3) is 0.905. The minimum atomic E-state index is -4.37. The molecule has 0 aliphatic carbocycles. The van der Waals surface area contributed by atoms with Gasteiger partial charge in [-0.1, -0.05) is 174 Å². The predicted molar refractivity (Wildman–Crippen MR) is 215 cm³/mol. The van der Waals surface area contributed by atoms with Crippen LogP contribution in [0.2, 0.25) is 0 Å². The number of carbonyl (C=O) groups excluding carboxylic acids is 2. The lowest BCUT2D eigenvalue weighted by atomic mass is 10.0. The zero-order valence-corrected chi connectivity index (χ0v) is 34.7. The highest BCUT2D eigenvalue weighted by Gasteiger charge is 2.26. The summed E-state index contributed by atoms with van der Waals surface area (Å²) in [5.41, 5.74) is 5.34. The van der Waals surface area contributed by atoms with Crippen LogP contribution in [0.4, 0.5) is 0 Å². The fourth-order valence-corrected chi connectivity index (χ4v) is 6.92. The molecule has 2 atom stereocenters. The first-order valence-corrected chi connectivity index (χ1v) is 23.2. The number of ether oxygens (including phenoxy) is 2. The van der Waals surface area contributed by atoms with Crippen molar-refractivity contribution in [1.29, 1.82) is 0 Å². The molecule has 0 aliphatic heterocycles.